The SMILES string of the molecule is CCC(C)NC(N)=NCCCC1CCCCO1.I. The summed E-state index contributed by atoms with van der Waals surface area (Å²) in [5, 5.41) is 3.16. The summed E-state index contributed by atoms with van der Waals surface area (Å²) in [5.41, 5.74) is 5.78. The number of hydrogen-bond donors (Lipinski definition) is 2. The molecule has 4 nitrogen and oxygen atoms in total. The Balaban J connectivity index is 0.00000289. The van der Waals surface area contributed by atoms with Crippen molar-refractivity contribution in [3.8, 4) is 0 Å². The first kappa shape index (κ1) is 18.0. The number of aliphatic imine (C=N–C) groups is 1. The van der Waals surface area contributed by atoms with Crippen molar-refractivity contribution in [3.05, 3.63) is 0 Å². The van der Waals surface area contributed by atoms with Gasteiger partial charge in [0, 0.05) is 19.2 Å². The Labute approximate surface area is 128 Å². The van der Waals surface area contributed by atoms with Gasteiger partial charge in [0.2, 0.25) is 0 Å². The molecule has 1 fully saturated rings. The molecule has 2 atom stereocenters. The van der Waals surface area contributed by atoms with Crippen LogP contribution in [0.4, 0.5) is 0 Å². The number of halogens is 1. The third-order valence-corrected chi connectivity index (χ3v) is 3.25. The van der Waals surface area contributed by atoms with Gasteiger partial charge in [-0.25, -0.2) is 0 Å². The van der Waals surface area contributed by atoms with Gasteiger partial charge in [-0.3, -0.25) is 4.99 Å². The number of nitrogens with two attached hydrogens (primary N) is 1. The van der Waals surface area contributed by atoms with Gasteiger partial charge in [0.25, 0.3) is 0 Å². The Kier molecular flexibility index (Phi) is 10.8. The fraction of sp³-hybridized carbons (Fsp3) is 0.923. The third-order valence-electron chi connectivity index (χ3n) is 3.25. The van der Waals surface area contributed by atoms with Gasteiger partial charge in [-0.1, -0.05) is 6.92 Å². The summed E-state index contributed by atoms with van der Waals surface area (Å²) in [5.74, 6) is 0.573. The van der Waals surface area contributed by atoms with Gasteiger partial charge in [0.15, 0.2) is 5.96 Å². The van der Waals surface area contributed by atoms with Crippen LogP contribution in [0.1, 0.15) is 52.4 Å². The van der Waals surface area contributed by atoms with Crippen LogP contribution in [0.15, 0.2) is 4.99 Å². The summed E-state index contributed by atoms with van der Waals surface area (Å²) in [4.78, 5) is 4.32. The first-order valence-corrected chi connectivity index (χ1v) is 6.90. The Hall–Kier alpha value is -0.0400. The predicted octanol–water partition coefficient (Wildman–Crippen LogP) is 2.66. The van der Waals surface area contributed by atoms with Crippen molar-refractivity contribution in [2.75, 3.05) is 13.2 Å². The van der Waals surface area contributed by atoms with E-state index in [2.05, 4.69) is 24.2 Å². The maximum absolute atomic E-state index is 5.78. The summed E-state index contributed by atoms with van der Waals surface area (Å²) in [7, 11) is 0. The van der Waals surface area contributed by atoms with Crippen LogP contribution in [0.3, 0.4) is 0 Å². The lowest BCUT2D eigenvalue weighted by Crippen LogP contribution is -2.38. The molecule has 0 aromatic rings. The molecule has 0 spiro atoms. The molecule has 1 heterocycles. The average molecular weight is 369 g/mol. The molecule has 1 rings (SSSR count). The third kappa shape index (κ3) is 8.13. The molecular formula is C13H28IN3O. The largest absolute Gasteiger partial charge is 0.378 e. The second-order valence-corrected chi connectivity index (χ2v) is 4.85. The molecule has 0 aliphatic carbocycles. The summed E-state index contributed by atoms with van der Waals surface area (Å²) >= 11 is 0. The van der Waals surface area contributed by atoms with Crippen molar-refractivity contribution < 1.29 is 4.74 Å². The summed E-state index contributed by atoms with van der Waals surface area (Å²) in [6.07, 6.45) is 7.44. The monoisotopic (exact) mass is 369 g/mol. The lowest BCUT2D eigenvalue weighted by atomic mass is 10.1. The Bertz CT molecular complexity index is 230. The Morgan fingerprint density at radius 3 is 2.89 bits per heavy atom. The van der Waals surface area contributed by atoms with E-state index < -0.39 is 0 Å². The minimum Gasteiger partial charge on any atom is -0.378 e. The molecule has 0 aromatic heterocycles. The minimum atomic E-state index is 0. The van der Waals surface area contributed by atoms with Crippen molar-refractivity contribution in [1.29, 1.82) is 0 Å². The molecular weight excluding hydrogens is 341 g/mol. The van der Waals surface area contributed by atoms with E-state index in [1.165, 1.54) is 19.3 Å². The molecule has 1 aliphatic heterocycles. The number of nitrogens with zero attached hydrogens (tertiary/aromatic N) is 1. The quantitative estimate of drug-likeness (QED) is 0.328. The molecule has 18 heavy (non-hydrogen) atoms. The second kappa shape index (κ2) is 10.8. The summed E-state index contributed by atoms with van der Waals surface area (Å²) in [6.45, 7) is 5.98. The molecule has 0 aromatic carbocycles. The van der Waals surface area contributed by atoms with E-state index in [-0.39, 0.29) is 24.0 Å². The van der Waals surface area contributed by atoms with Crippen molar-refractivity contribution in [2.45, 2.75) is 64.5 Å². The normalized spacial score (nSPS) is 22.1. The lowest BCUT2D eigenvalue weighted by Gasteiger charge is -2.22. The number of ether oxygens (including phenoxy) is 1. The molecule has 0 radical (unpaired) electrons. The highest BCUT2D eigenvalue weighted by Crippen LogP contribution is 2.16. The van der Waals surface area contributed by atoms with E-state index in [4.69, 9.17) is 10.5 Å². The molecule has 108 valence electrons. The van der Waals surface area contributed by atoms with Crippen molar-refractivity contribution in [1.82, 2.24) is 5.32 Å². The van der Waals surface area contributed by atoms with Gasteiger partial charge >= 0.3 is 0 Å². The molecule has 0 saturated carbocycles. The highest BCUT2D eigenvalue weighted by atomic mass is 127. The van der Waals surface area contributed by atoms with Gasteiger partial charge in [0.1, 0.15) is 0 Å². The Morgan fingerprint density at radius 2 is 2.28 bits per heavy atom. The standard InChI is InChI=1S/C13H27N3O.HI/c1-3-11(2)16-13(14)15-9-6-8-12-7-4-5-10-17-12;/h11-12H,3-10H2,1-2H3,(H3,14,15,16);1H. The average Bonchev–Trinajstić information content (AvgIpc) is 2.36. The summed E-state index contributed by atoms with van der Waals surface area (Å²) in [6, 6.07) is 0.403. The lowest BCUT2D eigenvalue weighted by molar-refractivity contribution is 0.0105. The molecule has 2 unspecified atom stereocenters. The zero-order valence-electron chi connectivity index (χ0n) is 11.7. The van der Waals surface area contributed by atoms with Gasteiger partial charge in [0.05, 0.1) is 6.10 Å². The van der Waals surface area contributed by atoms with Gasteiger partial charge in [-0.2, -0.15) is 0 Å². The smallest absolute Gasteiger partial charge is 0.188 e. The molecule has 3 N–H and O–H groups in total. The molecule has 1 aliphatic rings. The summed E-state index contributed by atoms with van der Waals surface area (Å²) < 4.78 is 5.67. The van der Waals surface area contributed by atoms with Crippen molar-refractivity contribution in [3.63, 3.8) is 0 Å². The first-order chi connectivity index (χ1) is 8.22. The van der Waals surface area contributed by atoms with E-state index >= 15 is 0 Å². The number of hydrogen-bond acceptors (Lipinski definition) is 2. The van der Waals surface area contributed by atoms with Crippen LogP contribution in [0.2, 0.25) is 0 Å². The minimum absolute atomic E-state index is 0. The molecule has 0 amide bonds. The Morgan fingerprint density at radius 1 is 1.50 bits per heavy atom. The fourth-order valence-corrected chi connectivity index (χ4v) is 1.95. The van der Waals surface area contributed by atoms with E-state index in [0.717, 1.165) is 32.4 Å². The second-order valence-electron chi connectivity index (χ2n) is 4.85. The highest BCUT2D eigenvalue weighted by molar-refractivity contribution is 14.0. The molecule has 5 heteroatoms. The van der Waals surface area contributed by atoms with Crippen LogP contribution in [0.5, 0.6) is 0 Å². The van der Waals surface area contributed by atoms with Gasteiger partial charge in [-0.05, 0) is 45.4 Å². The topological polar surface area (TPSA) is 59.6 Å². The van der Waals surface area contributed by atoms with Crippen LogP contribution < -0.4 is 11.1 Å². The molecule has 1 saturated heterocycles. The maximum atomic E-state index is 5.78. The maximum Gasteiger partial charge on any atom is 0.188 e. The number of guanidine groups is 1. The van der Waals surface area contributed by atoms with E-state index in [1.54, 1.807) is 0 Å². The van der Waals surface area contributed by atoms with Crippen LogP contribution in [-0.2, 0) is 4.74 Å². The van der Waals surface area contributed by atoms with Crippen molar-refractivity contribution in [2.24, 2.45) is 10.7 Å². The van der Waals surface area contributed by atoms with Gasteiger partial charge in [-0.15, -0.1) is 24.0 Å². The van der Waals surface area contributed by atoms with Gasteiger partial charge < -0.3 is 15.8 Å². The van der Waals surface area contributed by atoms with E-state index in [9.17, 15) is 0 Å². The number of nitrogens with one attached hydrogen (secondary N) is 1. The zero-order valence-corrected chi connectivity index (χ0v) is 14.0. The van der Waals surface area contributed by atoms with Crippen LogP contribution in [-0.4, -0.2) is 31.3 Å². The molecule has 0 bridgehead atoms. The van der Waals surface area contributed by atoms with Crippen LogP contribution >= 0.6 is 24.0 Å². The van der Waals surface area contributed by atoms with E-state index in [1.807, 2.05) is 0 Å². The highest BCUT2D eigenvalue weighted by Gasteiger charge is 2.12. The van der Waals surface area contributed by atoms with Crippen molar-refractivity contribution >= 4 is 29.9 Å². The predicted molar refractivity (Wildman–Crippen MR) is 87.6 cm³/mol. The first-order valence-electron chi connectivity index (χ1n) is 6.90. The fourth-order valence-electron chi connectivity index (χ4n) is 1.95. The van der Waals surface area contributed by atoms with Crippen LogP contribution in [0, 0.1) is 0 Å². The van der Waals surface area contributed by atoms with E-state index in [0.29, 0.717) is 18.1 Å². The number of rotatable bonds is 6. The van der Waals surface area contributed by atoms with Crippen LogP contribution in [0.25, 0.3) is 0 Å². The zero-order chi connectivity index (χ0) is 12.5.